The molecule has 0 saturated heterocycles. The predicted octanol–water partition coefficient (Wildman–Crippen LogP) is 4.95. The van der Waals surface area contributed by atoms with Crippen LogP contribution in [0.25, 0.3) is 5.69 Å². The Morgan fingerprint density at radius 2 is 1.89 bits per heavy atom. The number of aromatic nitrogens is 5. The van der Waals surface area contributed by atoms with Crippen molar-refractivity contribution in [2.24, 2.45) is 0 Å². The van der Waals surface area contributed by atoms with Crippen LogP contribution in [-0.2, 0) is 12.4 Å². The van der Waals surface area contributed by atoms with Crippen LogP contribution in [0.4, 0.5) is 0 Å². The molecule has 0 aliphatic carbocycles. The number of nitrogens with zero attached hydrogens (tertiary/aromatic N) is 5. The van der Waals surface area contributed by atoms with E-state index in [9.17, 15) is 0 Å². The molecule has 0 N–H and O–H groups in total. The molecule has 4 aromatic rings. The lowest BCUT2D eigenvalue weighted by Gasteiger charge is -2.04. The van der Waals surface area contributed by atoms with Gasteiger partial charge in [0.1, 0.15) is 17.4 Å². The first-order chi connectivity index (χ1) is 13.7. The van der Waals surface area contributed by atoms with Gasteiger partial charge in [0.15, 0.2) is 0 Å². The molecule has 0 aliphatic heterocycles. The minimum atomic E-state index is 0.429. The Hall–Kier alpha value is -2.42. The Kier molecular flexibility index (Phi) is 5.90. The molecule has 0 bridgehead atoms. The molecule has 2 aromatic heterocycles. The number of rotatable bonds is 7. The Morgan fingerprint density at radius 1 is 1.11 bits per heavy atom. The van der Waals surface area contributed by atoms with Gasteiger partial charge in [-0.25, -0.2) is 4.98 Å². The Bertz CT molecular complexity index is 1050. The molecule has 0 saturated carbocycles. The van der Waals surface area contributed by atoms with E-state index in [-0.39, 0.29) is 0 Å². The number of aryl methyl sites for hydroxylation is 1. The highest BCUT2D eigenvalue weighted by molar-refractivity contribution is 7.98. The molecule has 9 heteroatoms. The van der Waals surface area contributed by atoms with Crippen molar-refractivity contribution in [3.8, 4) is 11.4 Å². The zero-order valence-corrected chi connectivity index (χ0v) is 17.3. The van der Waals surface area contributed by atoms with Crippen molar-refractivity contribution in [3.63, 3.8) is 0 Å². The maximum absolute atomic E-state index is 5.88. The number of thioether (sulfide) groups is 1. The van der Waals surface area contributed by atoms with Crippen LogP contribution < -0.4 is 4.74 Å². The number of hydrogen-bond donors (Lipinski definition) is 0. The highest BCUT2D eigenvalue weighted by Gasteiger charge is 2.11. The lowest BCUT2D eigenvalue weighted by atomic mass is 10.2. The maximum Gasteiger partial charge on any atom is 0.214 e. The third kappa shape index (κ3) is 4.70. The largest absolute Gasteiger partial charge is 0.486 e. The maximum atomic E-state index is 5.88. The molecule has 2 heterocycles. The molecule has 0 unspecified atom stereocenters. The second-order valence-corrected chi connectivity index (χ2v) is 8.29. The number of thiazole rings is 1. The van der Waals surface area contributed by atoms with Gasteiger partial charge in [0.2, 0.25) is 5.16 Å². The fourth-order valence-electron chi connectivity index (χ4n) is 2.41. The summed E-state index contributed by atoms with van der Waals surface area (Å²) in [5.74, 6) is 1.46. The molecule has 0 spiro atoms. The minimum Gasteiger partial charge on any atom is -0.486 e. The Labute approximate surface area is 175 Å². The molecule has 0 atom stereocenters. The normalized spacial score (nSPS) is 10.9. The van der Waals surface area contributed by atoms with Gasteiger partial charge in [0, 0.05) is 16.2 Å². The van der Waals surface area contributed by atoms with Crippen molar-refractivity contribution in [3.05, 3.63) is 75.2 Å². The molecule has 142 valence electrons. The van der Waals surface area contributed by atoms with Gasteiger partial charge in [-0.2, -0.15) is 4.68 Å². The van der Waals surface area contributed by atoms with Crippen molar-refractivity contribution in [2.45, 2.75) is 24.4 Å². The Morgan fingerprint density at radius 3 is 2.68 bits per heavy atom. The van der Waals surface area contributed by atoms with Gasteiger partial charge in [0.25, 0.3) is 0 Å². The topological polar surface area (TPSA) is 65.7 Å². The van der Waals surface area contributed by atoms with E-state index < -0.39 is 0 Å². The molecule has 4 rings (SSSR count). The summed E-state index contributed by atoms with van der Waals surface area (Å²) in [6, 6.07) is 15.4. The summed E-state index contributed by atoms with van der Waals surface area (Å²) in [4.78, 5) is 4.63. The number of hydrogen-bond acceptors (Lipinski definition) is 7. The molecule has 0 aliphatic rings. The molecular formula is C19H16ClN5OS2. The van der Waals surface area contributed by atoms with Crippen LogP contribution in [0.2, 0.25) is 5.02 Å². The van der Waals surface area contributed by atoms with Gasteiger partial charge in [-0.1, -0.05) is 41.1 Å². The summed E-state index contributed by atoms with van der Waals surface area (Å²) < 4.78 is 7.48. The van der Waals surface area contributed by atoms with Crippen LogP contribution in [0.1, 0.15) is 16.3 Å². The first-order valence-corrected chi connectivity index (χ1v) is 10.7. The van der Waals surface area contributed by atoms with Gasteiger partial charge < -0.3 is 4.74 Å². The molecule has 0 fully saturated rings. The van der Waals surface area contributed by atoms with E-state index in [1.807, 2.05) is 41.8 Å². The molecule has 2 aromatic carbocycles. The van der Waals surface area contributed by atoms with Gasteiger partial charge in [-0.15, -0.1) is 16.4 Å². The summed E-state index contributed by atoms with van der Waals surface area (Å²) in [5, 5.41) is 16.4. The molecule has 6 nitrogen and oxygen atoms in total. The van der Waals surface area contributed by atoms with Crippen LogP contribution in [-0.4, -0.2) is 25.2 Å². The monoisotopic (exact) mass is 429 g/mol. The molecular weight excluding hydrogens is 414 g/mol. The SMILES string of the molecule is Cc1ccc(-n2nnnc2SCc2csc(COc3ccc(Cl)cc3)n2)cc1. The van der Waals surface area contributed by atoms with E-state index >= 15 is 0 Å². The van der Waals surface area contributed by atoms with Crippen molar-refractivity contribution in [1.82, 2.24) is 25.2 Å². The molecule has 28 heavy (non-hydrogen) atoms. The number of halogens is 1. The van der Waals surface area contributed by atoms with Gasteiger partial charge >= 0.3 is 0 Å². The second kappa shape index (κ2) is 8.72. The van der Waals surface area contributed by atoms with Crippen molar-refractivity contribution in [2.75, 3.05) is 0 Å². The van der Waals surface area contributed by atoms with E-state index in [0.29, 0.717) is 17.4 Å². The third-order valence-corrected chi connectivity index (χ3v) is 5.92. The van der Waals surface area contributed by atoms with Crippen molar-refractivity contribution in [1.29, 1.82) is 0 Å². The second-order valence-electron chi connectivity index (χ2n) is 5.97. The van der Waals surface area contributed by atoms with E-state index in [4.69, 9.17) is 16.3 Å². The van der Waals surface area contributed by atoms with E-state index in [0.717, 1.165) is 27.3 Å². The highest BCUT2D eigenvalue weighted by Crippen LogP contribution is 2.24. The Balaban J connectivity index is 1.35. The van der Waals surface area contributed by atoms with Crippen LogP contribution in [0.15, 0.2) is 59.1 Å². The minimum absolute atomic E-state index is 0.429. The number of benzene rings is 2. The number of tetrazole rings is 1. The quantitative estimate of drug-likeness (QED) is 0.387. The lowest BCUT2D eigenvalue weighted by molar-refractivity contribution is 0.305. The third-order valence-electron chi connectivity index (χ3n) is 3.84. The van der Waals surface area contributed by atoms with Crippen molar-refractivity contribution < 1.29 is 4.74 Å². The first kappa shape index (κ1) is 18.9. The standard InChI is InChI=1S/C19H16ClN5OS2/c1-13-2-6-16(7-3-13)25-19(22-23-24-25)28-12-15-11-27-18(21-15)10-26-17-8-4-14(20)5-9-17/h2-9,11H,10,12H2,1H3. The van der Waals surface area contributed by atoms with Crippen molar-refractivity contribution >= 4 is 34.7 Å². The summed E-state index contributed by atoms with van der Waals surface area (Å²) in [7, 11) is 0. The van der Waals surface area contributed by atoms with E-state index in [2.05, 4.69) is 27.4 Å². The van der Waals surface area contributed by atoms with Crippen LogP contribution in [0.3, 0.4) is 0 Å². The van der Waals surface area contributed by atoms with Crippen LogP contribution in [0.5, 0.6) is 5.75 Å². The predicted molar refractivity (Wildman–Crippen MR) is 111 cm³/mol. The number of ether oxygens (including phenoxy) is 1. The molecule has 0 amide bonds. The van der Waals surface area contributed by atoms with E-state index in [1.165, 1.54) is 5.56 Å². The zero-order valence-electron chi connectivity index (χ0n) is 14.9. The van der Waals surface area contributed by atoms with Crippen LogP contribution in [0, 0.1) is 6.92 Å². The summed E-state index contributed by atoms with van der Waals surface area (Å²) in [6.07, 6.45) is 0. The van der Waals surface area contributed by atoms with Gasteiger partial charge in [-0.05, 0) is 53.7 Å². The fraction of sp³-hybridized carbons (Fsp3) is 0.158. The van der Waals surface area contributed by atoms with E-state index in [1.54, 1.807) is 39.9 Å². The average molecular weight is 430 g/mol. The molecule has 0 radical (unpaired) electrons. The first-order valence-electron chi connectivity index (χ1n) is 8.47. The summed E-state index contributed by atoms with van der Waals surface area (Å²) in [6.45, 7) is 2.48. The summed E-state index contributed by atoms with van der Waals surface area (Å²) >= 11 is 9.01. The highest BCUT2D eigenvalue weighted by atomic mass is 35.5. The van der Waals surface area contributed by atoms with Gasteiger partial charge in [-0.3, -0.25) is 0 Å². The summed E-state index contributed by atoms with van der Waals surface area (Å²) in [5.41, 5.74) is 3.11. The zero-order chi connectivity index (χ0) is 19.3. The van der Waals surface area contributed by atoms with Gasteiger partial charge in [0.05, 0.1) is 11.4 Å². The smallest absolute Gasteiger partial charge is 0.214 e. The fourth-order valence-corrected chi connectivity index (χ4v) is 4.13. The average Bonchev–Trinajstić information content (AvgIpc) is 3.36. The van der Waals surface area contributed by atoms with Crippen LogP contribution >= 0.6 is 34.7 Å². The lowest BCUT2D eigenvalue weighted by Crippen LogP contribution is -1.99.